The fourth-order valence-corrected chi connectivity index (χ4v) is 4.35. The molecule has 2 atom stereocenters. The Balaban J connectivity index is 1.21. The number of benzene rings is 2. The highest BCUT2D eigenvalue weighted by atomic mass is 19.1. The fraction of sp³-hybridized carbons (Fsp3) is 0.273. The summed E-state index contributed by atoms with van der Waals surface area (Å²) in [6, 6.07) is 13.0. The molecule has 5 nitrogen and oxygen atoms in total. The molecule has 142 valence electrons. The Bertz CT molecular complexity index is 1050. The molecule has 6 heteroatoms. The number of halogens is 1. The van der Waals surface area contributed by atoms with E-state index < -0.39 is 0 Å². The number of aryl methyl sites for hydroxylation is 1. The highest BCUT2D eigenvalue weighted by Crippen LogP contribution is 2.47. The second-order valence-corrected chi connectivity index (χ2v) is 7.71. The van der Waals surface area contributed by atoms with Crippen molar-refractivity contribution < 1.29 is 9.18 Å². The second kappa shape index (κ2) is 6.48. The zero-order valence-electron chi connectivity index (χ0n) is 15.5. The predicted molar refractivity (Wildman–Crippen MR) is 108 cm³/mol. The average molecular weight is 376 g/mol. The molecule has 1 saturated heterocycles. The summed E-state index contributed by atoms with van der Waals surface area (Å²) >= 11 is 0. The van der Waals surface area contributed by atoms with E-state index in [4.69, 9.17) is 0 Å². The van der Waals surface area contributed by atoms with Crippen molar-refractivity contribution in [3.05, 3.63) is 66.2 Å². The maximum atomic E-state index is 14.2. The Morgan fingerprint density at radius 1 is 1.18 bits per heavy atom. The van der Waals surface area contributed by atoms with Crippen molar-refractivity contribution in [3.63, 3.8) is 0 Å². The van der Waals surface area contributed by atoms with Crippen LogP contribution >= 0.6 is 0 Å². The molecule has 5 rings (SSSR count). The third-order valence-electron chi connectivity index (χ3n) is 5.86. The van der Waals surface area contributed by atoms with E-state index in [0.29, 0.717) is 17.5 Å². The minimum absolute atomic E-state index is 0.154. The van der Waals surface area contributed by atoms with Gasteiger partial charge in [-0.2, -0.15) is 0 Å². The first-order valence-electron chi connectivity index (χ1n) is 9.51. The lowest BCUT2D eigenvalue weighted by atomic mass is 10.1. The van der Waals surface area contributed by atoms with Gasteiger partial charge in [-0.05, 0) is 36.8 Å². The van der Waals surface area contributed by atoms with Crippen LogP contribution in [0.25, 0.3) is 10.8 Å². The number of nitrogens with one attached hydrogen (secondary N) is 2. The summed E-state index contributed by atoms with van der Waals surface area (Å²) in [5.41, 5.74) is 2.35. The van der Waals surface area contributed by atoms with Crippen molar-refractivity contribution in [2.75, 3.05) is 23.3 Å². The molecular weight excluding hydrogens is 355 g/mol. The monoisotopic (exact) mass is 376 g/mol. The molecule has 2 heterocycles. The fourth-order valence-electron chi connectivity index (χ4n) is 4.35. The number of aromatic nitrogens is 1. The molecular formula is C22H21FN4O. The standard InChI is InChI=1S/C22H21FN4O/c1-13-5-6-20(18(23)9-13)27-11-16-17(12-27)21(16)26-22(28)25-19-4-2-3-14-10-24-8-7-15(14)19/h2-10,16-17,21H,11-12H2,1H3,(H2,25,26,28). The highest BCUT2D eigenvalue weighted by Gasteiger charge is 2.56. The SMILES string of the molecule is Cc1ccc(N2CC3C(C2)C3NC(=O)Nc2cccc3cnccc23)c(F)c1. The number of carbonyl (C=O) groups excluding carboxylic acids is 1. The number of rotatable bonds is 3. The van der Waals surface area contributed by atoms with Crippen LogP contribution in [0, 0.1) is 24.6 Å². The first kappa shape index (κ1) is 17.0. The lowest BCUT2D eigenvalue weighted by molar-refractivity contribution is 0.250. The van der Waals surface area contributed by atoms with Crippen LogP contribution in [0.15, 0.2) is 54.9 Å². The van der Waals surface area contributed by atoms with Gasteiger partial charge in [-0.3, -0.25) is 4.98 Å². The molecule has 3 aromatic rings. The molecule has 2 aromatic carbocycles. The van der Waals surface area contributed by atoms with Gasteiger partial charge < -0.3 is 15.5 Å². The molecule has 1 aliphatic carbocycles. The molecule has 0 spiro atoms. The first-order chi connectivity index (χ1) is 13.6. The topological polar surface area (TPSA) is 57.3 Å². The summed E-state index contributed by atoms with van der Waals surface area (Å²) in [6.07, 6.45) is 3.50. The van der Waals surface area contributed by atoms with E-state index in [-0.39, 0.29) is 17.9 Å². The van der Waals surface area contributed by atoms with Crippen LogP contribution in [0.5, 0.6) is 0 Å². The lowest BCUT2D eigenvalue weighted by Gasteiger charge is -2.23. The van der Waals surface area contributed by atoms with Gasteiger partial charge in [-0.15, -0.1) is 0 Å². The number of hydrogen-bond donors (Lipinski definition) is 2. The number of hydrogen-bond acceptors (Lipinski definition) is 3. The summed E-state index contributed by atoms with van der Waals surface area (Å²) in [5, 5.41) is 7.98. The highest BCUT2D eigenvalue weighted by molar-refractivity contribution is 6.01. The van der Waals surface area contributed by atoms with Crippen molar-refractivity contribution in [1.82, 2.24) is 10.3 Å². The van der Waals surface area contributed by atoms with Crippen LogP contribution in [-0.4, -0.2) is 30.1 Å². The summed E-state index contributed by atoms with van der Waals surface area (Å²) in [4.78, 5) is 18.7. The zero-order chi connectivity index (χ0) is 19.3. The van der Waals surface area contributed by atoms with Gasteiger partial charge in [0.2, 0.25) is 0 Å². The van der Waals surface area contributed by atoms with Crippen molar-refractivity contribution >= 4 is 28.2 Å². The molecule has 1 saturated carbocycles. The normalized spacial score (nSPS) is 22.8. The van der Waals surface area contributed by atoms with Crippen LogP contribution in [0.1, 0.15) is 5.56 Å². The minimum atomic E-state index is -0.197. The Hall–Kier alpha value is -3.15. The van der Waals surface area contributed by atoms with Gasteiger partial charge in [0.15, 0.2) is 0 Å². The van der Waals surface area contributed by atoms with Crippen LogP contribution < -0.4 is 15.5 Å². The maximum Gasteiger partial charge on any atom is 0.319 e. The molecule has 2 N–H and O–H groups in total. The maximum absolute atomic E-state index is 14.2. The smallest absolute Gasteiger partial charge is 0.319 e. The van der Waals surface area contributed by atoms with Gasteiger partial charge in [0.1, 0.15) is 5.82 Å². The molecule has 2 fully saturated rings. The summed E-state index contributed by atoms with van der Waals surface area (Å²) < 4.78 is 14.2. The number of amides is 2. The van der Waals surface area contributed by atoms with Gasteiger partial charge in [0.25, 0.3) is 0 Å². The van der Waals surface area contributed by atoms with E-state index in [1.807, 2.05) is 43.3 Å². The molecule has 1 aliphatic heterocycles. The molecule has 2 aliphatic rings. The number of pyridine rings is 1. The van der Waals surface area contributed by atoms with E-state index in [9.17, 15) is 9.18 Å². The van der Waals surface area contributed by atoms with Crippen molar-refractivity contribution in [3.8, 4) is 0 Å². The zero-order valence-corrected chi connectivity index (χ0v) is 15.5. The largest absolute Gasteiger partial charge is 0.368 e. The number of fused-ring (bicyclic) bond motifs is 2. The van der Waals surface area contributed by atoms with Gasteiger partial charge >= 0.3 is 6.03 Å². The Kier molecular flexibility index (Phi) is 3.93. The predicted octanol–water partition coefficient (Wildman–Crippen LogP) is 3.94. The van der Waals surface area contributed by atoms with Gasteiger partial charge in [0, 0.05) is 54.1 Å². The van der Waals surface area contributed by atoms with Crippen molar-refractivity contribution in [2.45, 2.75) is 13.0 Å². The number of anilines is 2. The van der Waals surface area contributed by atoms with Crippen LogP contribution in [0.2, 0.25) is 0 Å². The van der Waals surface area contributed by atoms with Crippen LogP contribution in [0.3, 0.4) is 0 Å². The molecule has 28 heavy (non-hydrogen) atoms. The third kappa shape index (κ3) is 2.95. The number of nitrogens with zero attached hydrogens (tertiary/aromatic N) is 2. The number of carbonyl (C=O) groups is 1. The Morgan fingerprint density at radius 2 is 2.00 bits per heavy atom. The molecule has 0 bridgehead atoms. The first-order valence-corrected chi connectivity index (χ1v) is 9.51. The second-order valence-electron chi connectivity index (χ2n) is 7.71. The number of urea groups is 1. The van der Waals surface area contributed by atoms with Gasteiger partial charge in [-0.25, -0.2) is 9.18 Å². The Morgan fingerprint density at radius 3 is 2.79 bits per heavy atom. The summed E-state index contributed by atoms with van der Waals surface area (Å²) in [6.45, 7) is 3.43. The van der Waals surface area contributed by atoms with E-state index in [2.05, 4.69) is 20.5 Å². The third-order valence-corrected chi connectivity index (χ3v) is 5.86. The average Bonchev–Trinajstić information content (AvgIpc) is 3.11. The van der Waals surface area contributed by atoms with Gasteiger partial charge in [-0.1, -0.05) is 18.2 Å². The van der Waals surface area contributed by atoms with Crippen molar-refractivity contribution in [2.24, 2.45) is 11.8 Å². The van der Waals surface area contributed by atoms with Crippen molar-refractivity contribution in [1.29, 1.82) is 0 Å². The van der Waals surface area contributed by atoms with E-state index >= 15 is 0 Å². The summed E-state index contributed by atoms with van der Waals surface area (Å²) in [7, 11) is 0. The molecule has 2 unspecified atom stereocenters. The molecule has 1 aromatic heterocycles. The Labute approximate surface area is 162 Å². The van der Waals surface area contributed by atoms with E-state index in [0.717, 1.165) is 35.1 Å². The summed E-state index contributed by atoms with van der Waals surface area (Å²) in [5.74, 6) is 0.584. The van der Waals surface area contributed by atoms with Crippen LogP contribution in [0.4, 0.5) is 20.6 Å². The lowest BCUT2D eigenvalue weighted by Crippen LogP contribution is -2.37. The van der Waals surface area contributed by atoms with Crippen LogP contribution in [-0.2, 0) is 0 Å². The van der Waals surface area contributed by atoms with Gasteiger partial charge in [0.05, 0.1) is 11.4 Å². The minimum Gasteiger partial charge on any atom is -0.368 e. The molecule has 0 radical (unpaired) electrons. The molecule has 2 amide bonds. The quantitative estimate of drug-likeness (QED) is 0.728. The van der Waals surface area contributed by atoms with E-state index in [1.54, 1.807) is 18.5 Å². The van der Waals surface area contributed by atoms with E-state index in [1.165, 1.54) is 0 Å². The number of piperidine rings is 1.